The summed E-state index contributed by atoms with van der Waals surface area (Å²) in [5, 5.41) is 13.3. The number of nitrogens with zero attached hydrogens (tertiary/aromatic N) is 3. The van der Waals surface area contributed by atoms with Crippen LogP contribution in [0.15, 0.2) is 34.9 Å². The average molecular weight is 372 g/mol. The summed E-state index contributed by atoms with van der Waals surface area (Å²) in [5.41, 5.74) is 0.0718. The minimum atomic E-state index is -4.65. The van der Waals surface area contributed by atoms with Crippen LogP contribution in [0.2, 0.25) is 0 Å². The van der Waals surface area contributed by atoms with Crippen LogP contribution >= 0.6 is 27.3 Å². The Labute approximate surface area is 129 Å². The number of hydrogen-bond donors (Lipinski definition) is 0. The molecule has 0 aliphatic heterocycles. The first kappa shape index (κ1) is 14.1. The van der Waals surface area contributed by atoms with E-state index in [1.54, 1.807) is 24.3 Å². The van der Waals surface area contributed by atoms with Crippen molar-refractivity contribution in [3.05, 3.63) is 40.5 Å². The van der Waals surface area contributed by atoms with E-state index in [0.717, 1.165) is 22.2 Å². The molecule has 0 unspecified atom stereocenters. The van der Waals surface area contributed by atoms with E-state index in [2.05, 4.69) is 21.0 Å². The fourth-order valence-corrected chi connectivity index (χ4v) is 3.83. The second-order valence-corrected chi connectivity index (χ2v) is 6.04. The van der Waals surface area contributed by atoms with Gasteiger partial charge in [-0.1, -0.05) is 18.2 Å². The van der Waals surface area contributed by atoms with Gasteiger partial charge in [-0.2, -0.15) is 15.0 Å². The predicted molar refractivity (Wildman–Crippen MR) is 76.8 cm³/mol. The van der Waals surface area contributed by atoms with Crippen molar-refractivity contribution in [1.82, 2.24) is 9.78 Å². The Bertz CT molecular complexity index is 873. The second-order valence-electron chi connectivity index (χ2n) is 4.13. The van der Waals surface area contributed by atoms with Crippen LogP contribution in [-0.2, 0) is 6.30 Å². The van der Waals surface area contributed by atoms with E-state index in [4.69, 9.17) is 0 Å². The number of hydrogen-bond acceptors (Lipinski definition) is 3. The maximum absolute atomic E-state index is 13.0. The van der Waals surface area contributed by atoms with Crippen molar-refractivity contribution in [3.63, 3.8) is 0 Å². The summed E-state index contributed by atoms with van der Waals surface area (Å²) < 4.78 is 40.0. The molecular formula is C13H5BrF3N3S. The van der Waals surface area contributed by atoms with Crippen molar-refractivity contribution in [2.75, 3.05) is 0 Å². The third-order valence-electron chi connectivity index (χ3n) is 2.89. The first-order chi connectivity index (χ1) is 9.93. The van der Waals surface area contributed by atoms with Gasteiger partial charge >= 0.3 is 6.30 Å². The molecule has 3 aromatic rings. The number of alkyl halides is 3. The summed E-state index contributed by atoms with van der Waals surface area (Å²) >= 11 is 4.22. The summed E-state index contributed by atoms with van der Waals surface area (Å²) in [7, 11) is 0. The lowest BCUT2D eigenvalue weighted by atomic mass is 10.1. The number of thiophene rings is 1. The molecule has 3 nitrogen and oxygen atoms in total. The molecule has 0 amide bonds. The van der Waals surface area contributed by atoms with Gasteiger partial charge in [0.15, 0.2) is 0 Å². The molecule has 0 fully saturated rings. The van der Waals surface area contributed by atoms with E-state index < -0.39 is 6.30 Å². The van der Waals surface area contributed by atoms with Gasteiger partial charge in [-0.05, 0) is 22.0 Å². The van der Waals surface area contributed by atoms with Gasteiger partial charge in [0.1, 0.15) is 11.8 Å². The Morgan fingerprint density at radius 1 is 1.29 bits per heavy atom. The summed E-state index contributed by atoms with van der Waals surface area (Å²) in [6.07, 6.45) is -3.57. The largest absolute Gasteiger partial charge is 0.505 e. The summed E-state index contributed by atoms with van der Waals surface area (Å²) in [6.45, 7) is 0. The lowest BCUT2D eigenvalue weighted by Gasteiger charge is -2.10. The molecule has 2 aromatic heterocycles. The number of halogens is 4. The zero-order valence-electron chi connectivity index (χ0n) is 10.1. The molecule has 0 atom stereocenters. The minimum Gasteiger partial charge on any atom is -0.192 e. The fourth-order valence-electron chi connectivity index (χ4n) is 2.05. The molecule has 3 rings (SSSR count). The van der Waals surface area contributed by atoms with Gasteiger partial charge in [-0.15, -0.1) is 24.5 Å². The van der Waals surface area contributed by atoms with E-state index in [-0.39, 0.29) is 25.3 Å². The standard InChI is InChI=1S/C13H5BrF3N3S/c14-9-6-19-20(13(15,16)17)11(9)12-8(5-18)7-3-1-2-4-10(7)21-12/h1-4,6H. The number of rotatable bonds is 1. The van der Waals surface area contributed by atoms with Crippen molar-refractivity contribution in [2.24, 2.45) is 0 Å². The van der Waals surface area contributed by atoms with Gasteiger partial charge in [0.2, 0.25) is 0 Å². The number of aromatic nitrogens is 2. The molecule has 21 heavy (non-hydrogen) atoms. The van der Waals surface area contributed by atoms with Crippen LogP contribution in [0.4, 0.5) is 13.2 Å². The van der Waals surface area contributed by atoms with E-state index in [1.165, 1.54) is 0 Å². The summed E-state index contributed by atoms with van der Waals surface area (Å²) in [5.74, 6) is 0. The SMILES string of the molecule is N#Cc1c(-c2c(Br)cnn2C(F)(F)F)sc2ccccc12. The molecule has 0 aliphatic carbocycles. The molecule has 0 radical (unpaired) electrons. The van der Waals surface area contributed by atoms with Crippen LogP contribution in [0.3, 0.4) is 0 Å². The van der Waals surface area contributed by atoms with Crippen LogP contribution < -0.4 is 0 Å². The van der Waals surface area contributed by atoms with Gasteiger partial charge in [-0.25, -0.2) is 0 Å². The van der Waals surface area contributed by atoms with Gasteiger partial charge in [0.25, 0.3) is 0 Å². The number of nitriles is 1. The molecule has 0 saturated carbocycles. The Morgan fingerprint density at radius 2 is 2.00 bits per heavy atom. The minimum absolute atomic E-state index is 0.0252. The smallest absolute Gasteiger partial charge is 0.192 e. The van der Waals surface area contributed by atoms with Crippen molar-refractivity contribution < 1.29 is 13.2 Å². The lowest BCUT2D eigenvalue weighted by molar-refractivity contribution is -0.210. The first-order valence-electron chi connectivity index (χ1n) is 5.66. The van der Waals surface area contributed by atoms with Crippen molar-refractivity contribution in [2.45, 2.75) is 6.30 Å². The van der Waals surface area contributed by atoms with E-state index >= 15 is 0 Å². The number of benzene rings is 1. The molecule has 1 aromatic carbocycles. The average Bonchev–Trinajstić information content (AvgIpc) is 2.97. The molecule has 0 saturated heterocycles. The van der Waals surface area contributed by atoms with E-state index in [9.17, 15) is 18.4 Å². The third-order valence-corrected chi connectivity index (χ3v) is 4.64. The summed E-state index contributed by atoms with van der Waals surface area (Å²) in [6, 6.07) is 9.01. The summed E-state index contributed by atoms with van der Waals surface area (Å²) in [4.78, 5) is 0.250. The van der Waals surface area contributed by atoms with Crippen LogP contribution in [0, 0.1) is 11.3 Å². The maximum atomic E-state index is 13.0. The Balaban J connectivity index is 2.37. The van der Waals surface area contributed by atoms with Crippen LogP contribution in [-0.4, -0.2) is 9.78 Å². The zero-order chi connectivity index (χ0) is 15.2. The van der Waals surface area contributed by atoms with Crippen LogP contribution in [0.25, 0.3) is 20.7 Å². The fraction of sp³-hybridized carbons (Fsp3) is 0.0769. The second kappa shape index (κ2) is 4.86. The molecular weight excluding hydrogens is 367 g/mol. The highest BCUT2D eigenvalue weighted by Crippen LogP contribution is 2.43. The molecule has 2 heterocycles. The molecule has 0 aliphatic rings. The quantitative estimate of drug-likeness (QED) is 0.611. The number of fused-ring (bicyclic) bond motifs is 1. The topological polar surface area (TPSA) is 41.6 Å². The zero-order valence-corrected chi connectivity index (χ0v) is 12.6. The highest BCUT2D eigenvalue weighted by molar-refractivity contribution is 9.10. The van der Waals surface area contributed by atoms with Crippen molar-refractivity contribution in [1.29, 1.82) is 5.26 Å². The highest BCUT2D eigenvalue weighted by Gasteiger charge is 2.36. The Kier molecular flexibility index (Phi) is 3.26. The van der Waals surface area contributed by atoms with E-state index in [1.807, 2.05) is 6.07 Å². The van der Waals surface area contributed by atoms with Gasteiger partial charge < -0.3 is 0 Å². The third kappa shape index (κ3) is 2.22. The normalized spacial score (nSPS) is 11.8. The molecule has 8 heteroatoms. The van der Waals surface area contributed by atoms with Gasteiger partial charge in [0.05, 0.1) is 21.1 Å². The van der Waals surface area contributed by atoms with Gasteiger partial charge in [-0.3, -0.25) is 0 Å². The lowest BCUT2D eigenvalue weighted by Crippen LogP contribution is -2.19. The Morgan fingerprint density at radius 3 is 2.67 bits per heavy atom. The van der Waals surface area contributed by atoms with Crippen LogP contribution in [0.1, 0.15) is 5.56 Å². The Hall–Kier alpha value is -1.85. The molecule has 0 bridgehead atoms. The first-order valence-corrected chi connectivity index (χ1v) is 7.27. The predicted octanol–water partition coefficient (Wildman–Crippen LogP) is 4.88. The molecule has 0 spiro atoms. The monoisotopic (exact) mass is 371 g/mol. The maximum Gasteiger partial charge on any atom is 0.505 e. The van der Waals surface area contributed by atoms with Crippen molar-refractivity contribution in [3.8, 4) is 16.6 Å². The van der Waals surface area contributed by atoms with Crippen molar-refractivity contribution >= 4 is 37.4 Å². The van der Waals surface area contributed by atoms with E-state index in [0.29, 0.717) is 5.39 Å². The van der Waals surface area contributed by atoms with Crippen LogP contribution in [0.5, 0.6) is 0 Å². The van der Waals surface area contributed by atoms with Gasteiger partial charge in [0, 0.05) is 10.1 Å². The molecule has 106 valence electrons. The highest BCUT2D eigenvalue weighted by atomic mass is 79.9. The molecule has 0 N–H and O–H groups in total.